The van der Waals surface area contributed by atoms with Crippen molar-refractivity contribution in [1.82, 2.24) is 0 Å². The van der Waals surface area contributed by atoms with E-state index in [1.165, 1.54) is 5.57 Å². The van der Waals surface area contributed by atoms with Crippen LogP contribution in [0.3, 0.4) is 0 Å². The summed E-state index contributed by atoms with van der Waals surface area (Å²) < 4.78 is 11.6. The van der Waals surface area contributed by atoms with Crippen LogP contribution in [0.4, 0.5) is 0 Å². The third kappa shape index (κ3) is 3.26. The number of hydrogen-bond donors (Lipinski definition) is 0. The maximum atomic E-state index is 13.3. The topological polar surface area (TPSA) is 52.6 Å². The van der Waals surface area contributed by atoms with Crippen molar-refractivity contribution in [3.05, 3.63) is 59.4 Å². The third-order valence-electron chi connectivity index (χ3n) is 8.68. The van der Waals surface area contributed by atoms with Crippen molar-refractivity contribution in [1.29, 1.82) is 0 Å². The van der Waals surface area contributed by atoms with Crippen LogP contribution in [0.2, 0.25) is 0 Å². The quantitative estimate of drug-likeness (QED) is 0.604. The molecular weight excluding hydrogens is 388 g/mol. The molecule has 0 aliphatic heterocycles. The molecule has 0 bridgehead atoms. The van der Waals surface area contributed by atoms with Crippen molar-refractivity contribution in [2.45, 2.75) is 58.0 Å². The van der Waals surface area contributed by atoms with Crippen molar-refractivity contribution < 1.29 is 19.1 Å². The van der Waals surface area contributed by atoms with Crippen LogP contribution < -0.4 is 0 Å². The van der Waals surface area contributed by atoms with Gasteiger partial charge < -0.3 is 9.47 Å². The van der Waals surface area contributed by atoms with E-state index < -0.39 is 0 Å². The normalized spacial score (nSPS) is 36.5. The molecule has 0 amide bonds. The van der Waals surface area contributed by atoms with Gasteiger partial charge in [0.1, 0.15) is 11.9 Å². The minimum Gasteiger partial charge on any atom is -0.501 e. The van der Waals surface area contributed by atoms with E-state index in [0.29, 0.717) is 35.5 Å². The summed E-state index contributed by atoms with van der Waals surface area (Å²) in [5, 5.41) is 0. The zero-order chi connectivity index (χ0) is 21.6. The third-order valence-corrected chi connectivity index (χ3v) is 8.68. The molecule has 164 valence electrons. The van der Waals surface area contributed by atoms with Gasteiger partial charge in [-0.1, -0.05) is 31.2 Å². The molecule has 1 aromatic carbocycles. The predicted molar refractivity (Wildman–Crippen MR) is 118 cm³/mol. The Morgan fingerprint density at radius 2 is 1.97 bits per heavy atom. The van der Waals surface area contributed by atoms with Gasteiger partial charge in [0.2, 0.25) is 0 Å². The van der Waals surface area contributed by atoms with Crippen molar-refractivity contribution in [3.63, 3.8) is 0 Å². The maximum Gasteiger partial charge on any atom is 0.338 e. The number of ketones is 1. The van der Waals surface area contributed by atoms with Crippen molar-refractivity contribution in [3.8, 4) is 0 Å². The summed E-state index contributed by atoms with van der Waals surface area (Å²) in [5.74, 6) is 2.71. The highest BCUT2D eigenvalue weighted by molar-refractivity contribution is 5.92. The molecule has 2 saturated carbocycles. The lowest BCUT2D eigenvalue weighted by Crippen LogP contribution is -2.49. The maximum absolute atomic E-state index is 13.3. The molecule has 0 saturated heterocycles. The van der Waals surface area contributed by atoms with Gasteiger partial charge in [-0.3, -0.25) is 4.79 Å². The second-order valence-corrected chi connectivity index (χ2v) is 9.74. The first-order chi connectivity index (χ1) is 15.1. The summed E-state index contributed by atoms with van der Waals surface area (Å²) in [7, 11) is 1.75. The number of carbonyl (C=O) groups is 2. The van der Waals surface area contributed by atoms with Crippen LogP contribution in [0.5, 0.6) is 0 Å². The molecule has 4 nitrogen and oxygen atoms in total. The van der Waals surface area contributed by atoms with Crippen LogP contribution >= 0.6 is 0 Å². The molecular formula is C27H32O4. The average molecular weight is 421 g/mol. The van der Waals surface area contributed by atoms with E-state index in [1.54, 1.807) is 19.2 Å². The van der Waals surface area contributed by atoms with E-state index in [4.69, 9.17) is 9.47 Å². The lowest BCUT2D eigenvalue weighted by Gasteiger charge is -2.52. The Hall–Kier alpha value is -2.36. The number of hydrogen-bond acceptors (Lipinski definition) is 4. The van der Waals surface area contributed by atoms with E-state index in [-0.39, 0.29) is 23.4 Å². The molecule has 0 aromatic heterocycles. The van der Waals surface area contributed by atoms with E-state index >= 15 is 0 Å². The minimum atomic E-state index is -0.323. The molecule has 6 atom stereocenters. The van der Waals surface area contributed by atoms with Gasteiger partial charge >= 0.3 is 5.97 Å². The number of Topliss-reactive ketones (excluding diaryl/α,β-unsaturated/α-hetero) is 1. The lowest BCUT2D eigenvalue weighted by molar-refractivity contribution is -0.133. The number of ether oxygens (including phenoxy) is 2. The van der Waals surface area contributed by atoms with Crippen LogP contribution in [-0.4, -0.2) is 25.0 Å². The van der Waals surface area contributed by atoms with Gasteiger partial charge in [0.25, 0.3) is 0 Å². The van der Waals surface area contributed by atoms with Crippen LogP contribution in [0.15, 0.2) is 53.8 Å². The summed E-state index contributed by atoms with van der Waals surface area (Å²) in [6.07, 6.45) is 10.6. The molecule has 0 unspecified atom stereocenters. The number of benzene rings is 1. The van der Waals surface area contributed by atoms with Gasteiger partial charge in [-0.2, -0.15) is 0 Å². The molecule has 2 fully saturated rings. The highest BCUT2D eigenvalue weighted by Crippen LogP contribution is 2.61. The summed E-state index contributed by atoms with van der Waals surface area (Å²) in [6.45, 7) is 2.14. The molecule has 0 heterocycles. The average Bonchev–Trinajstić information content (AvgIpc) is 3.10. The number of methoxy groups -OCH3 is 1. The van der Waals surface area contributed by atoms with Crippen molar-refractivity contribution in [2.75, 3.05) is 7.11 Å². The standard InChI is InChI=1S/C27H32O4/c1-3-27-14-13-21-20-12-10-19(30-2)15-18(20)9-11-22(21)25(27)23(16-24(27)28)31-26(29)17-7-5-4-6-8-17/h4-9,15,20-23,25H,3,10-14,16H2,1-2H3/t20-,21+,22+,23-,25+,27+/m0/s1. The number of rotatable bonds is 4. The first-order valence-electron chi connectivity index (χ1n) is 11.8. The predicted octanol–water partition coefficient (Wildman–Crippen LogP) is 5.49. The van der Waals surface area contributed by atoms with E-state index in [9.17, 15) is 9.59 Å². The highest BCUT2D eigenvalue weighted by Gasteiger charge is 2.62. The van der Waals surface area contributed by atoms with Gasteiger partial charge in [0, 0.05) is 24.2 Å². The Morgan fingerprint density at radius 3 is 2.71 bits per heavy atom. The zero-order valence-electron chi connectivity index (χ0n) is 18.5. The molecule has 5 rings (SSSR count). The fourth-order valence-electron chi connectivity index (χ4n) is 7.21. The van der Waals surface area contributed by atoms with Gasteiger partial charge in [-0.25, -0.2) is 4.79 Å². The summed E-state index contributed by atoms with van der Waals surface area (Å²) in [5.41, 5.74) is 1.65. The fourth-order valence-corrected chi connectivity index (χ4v) is 7.21. The minimum absolute atomic E-state index is 0.127. The van der Waals surface area contributed by atoms with Gasteiger partial charge in [-0.15, -0.1) is 0 Å². The lowest BCUT2D eigenvalue weighted by atomic mass is 9.52. The Balaban J connectivity index is 1.45. The van der Waals surface area contributed by atoms with Gasteiger partial charge in [0.15, 0.2) is 0 Å². The summed E-state index contributed by atoms with van der Waals surface area (Å²) in [4.78, 5) is 26.2. The van der Waals surface area contributed by atoms with E-state index in [2.05, 4.69) is 19.1 Å². The van der Waals surface area contributed by atoms with Crippen LogP contribution in [0.1, 0.15) is 62.2 Å². The molecule has 4 aliphatic rings. The first-order valence-corrected chi connectivity index (χ1v) is 11.8. The van der Waals surface area contributed by atoms with E-state index in [0.717, 1.165) is 44.3 Å². The summed E-state index contributed by atoms with van der Waals surface area (Å²) >= 11 is 0. The first kappa shape index (κ1) is 20.5. The van der Waals surface area contributed by atoms with Crippen LogP contribution in [0, 0.1) is 29.1 Å². The Morgan fingerprint density at radius 1 is 1.16 bits per heavy atom. The Bertz CT molecular complexity index is 930. The number of fused-ring (bicyclic) bond motifs is 5. The number of esters is 1. The smallest absolute Gasteiger partial charge is 0.338 e. The Kier molecular flexibility index (Phi) is 5.27. The molecule has 31 heavy (non-hydrogen) atoms. The Labute approximate surface area is 184 Å². The zero-order valence-corrected chi connectivity index (χ0v) is 18.5. The number of allylic oxidation sites excluding steroid dienone is 4. The van der Waals surface area contributed by atoms with Crippen LogP contribution in [-0.2, 0) is 14.3 Å². The van der Waals surface area contributed by atoms with E-state index in [1.807, 2.05) is 18.2 Å². The monoisotopic (exact) mass is 420 g/mol. The molecule has 0 N–H and O–H groups in total. The summed E-state index contributed by atoms with van der Waals surface area (Å²) in [6, 6.07) is 9.16. The van der Waals surface area contributed by atoms with Crippen molar-refractivity contribution in [2.24, 2.45) is 29.1 Å². The van der Waals surface area contributed by atoms with Crippen LogP contribution in [0.25, 0.3) is 0 Å². The van der Waals surface area contributed by atoms with Crippen molar-refractivity contribution >= 4 is 11.8 Å². The molecule has 4 heteroatoms. The van der Waals surface area contributed by atoms with Gasteiger partial charge in [0.05, 0.1) is 18.4 Å². The second-order valence-electron chi connectivity index (χ2n) is 9.74. The highest BCUT2D eigenvalue weighted by atomic mass is 16.5. The largest absolute Gasteiger partial charge is 0.501 e. The molecule has 1 aromatic rings. The molecule has 4 aliphatic carbocycles. The molecule has 0 radical (unpaired) electrons. The fraction of sp³-hybridized carbons (Fsp3) is 0.556. The van der Waals surface area contributed by atoms with Gasteiger partial charge in [-0.05, 0) is 73.6 Å². The SMILES string of the molecule is CC[C@]12CC[C@H]3[C@@H](CC=C4C=C(OC)CC[C@@H]43)[C@@H]1[C@@H](OC(=O)c1ccccc1)CC2=O. The second kappa shape index (κ2) is 7.96. The number of carbonyl (C=O) groups excluding carboxylic acids is 2. The molecule has 0 spiro atoms.